The lowest BCUT2D eigenvalue weighted by Crippen LogP contribution is -2.29. The van der Waals surface area contributed by atoms with Crippen LogP contribution in [0.4, 0.5) is 11.8 Å². The van der Waals surface area contributed by atoms with E-state index >= 15 is 0 Å². The summed E-state index contributed by atoms with van der Waals surface area (Å²) in [6.45, 7) is 2.95. The van der Waals surface area contributed by atoms with E-state index in [-0.39, 0.29) is 30.4 Å². The number of pyridine rings is 1. The third-order valence-electron chi connectivity index (χ3n) is 5.94. The second-order valence-corrected chi connectivity index (χ2v) is 8.59. The van der Waals surface area contributed by atoms with Gasteiger partial charge in [-0.3, -0.25) is 19.9 Å². The number of nitrogens with one attached hydrogen (secondary N) is 3. The molecule has 9 heteroatoms. The van der Waals surface area contributed by atoms with Crippen LogP contribution in [0.5, 0.6) is 0 Å². The number of amides is 2. The van der Waals surface area contributed by atoms with Crippen LogP contribution in [-0.4, -0.2) is 50.6 Å². The molecule has 2 fully saturated rings. The van der Waals surface area contributed by atoms with Gasteiger partial charge in [0.2, 0.25) is 11.9 Å². The van der Waals surface area contributed by atoms with Crippen molar-refractivity contribution in [3.63, 3.8) is 0 Å². The van der Waals surface area contributed by atoms with Crippen molar-refractivity contribution < 1.29 is 14.7 Å². The summed E-state index contributed by atoms with van der Waals surface area (Å²) in [4.78, 5) is 36.9. The van der Waals surface area contributed by atoms with Crippen molar-refractivity contribution in [3.05, 3.63) is 35.7 Å². The number of rotatable bonds is 8. The number of carbonyl (C=O) groups excluding carboxylic acids is 2. The van der Waals surface area contributed by atoms with E-state index < -0.39 is 0 Å². The summed E-state index contributed by atoms with van der Waals surface area (Å²) in [5.41, 5.74) is 2.67. The lowest BCUT2D eigenvalue weighted by molar-refractivity contribution is -0.124. The van der Waals surface area contributed by atoms with E-state index in [1.165, 1.54) is 0 Å². The molecule has 4 N–H and O–H groups in total. The molecule has 2 aliphatic rings. The molecule has 2 aromatic heterocycles. The minimum absolute atomic E-state index is 0.0884. The van der Waals surface area contributed by atoms with Crippen LogP contribution < -0.4 is 16.0 Å². The van der Waals surface area contributed by atoms with E-state index in [4.69, 9.17) is 4.98 Å². The Morgan fingerprint density at radius 3 is 2.64 bits per heavy atom. The number of unbranched alkanes of at least 4 members (excludes halogenated alkanes) is 1. The Morgan fingerprint density at radius 1 is 1.15 bits per heavy atom. The Balaban J connectivity index is 1.56. The Hall–Kier alpha value is -3.33. The van der Waals surface area contributed by atoms with Crippen LogP contribution in [0.1, 0.15) is 57.4 Å². The number of aliphatic hydroxyl groups excluding tert-OH is 1. The molecule has 0 unspecified atom stereocenters. The van der Waals surface area contributed by atoms with Gasteiger partial charge < -0.3 is 15.7 Å². The van der Waals surface area contributed by atoms with Gasteiger partial charge in [0.25, 0.3) is 5.91 Å². The lowest BCUT2D eigenvalue weighted by Gasteiger charge is -2.27. The third kappa shape index (κ3) is 5.92. The average molecular weight is 451 g/mol. The van der Waals surface area contributed by atoms with Crippen LogP contribution in [0.15, 0.2) is 30.1 Å². The number of imide groups is 1. The molecule has 33 heavy (non-hydrogen) atoms. The van der Waals surface area contributed by atoms with Gasteiger partial charge in [0.05, 0.1) is 23.8 Å². The summed E-state index contributed by atoms with van der Waals surface area (Å²) in [5.74, 6) is 0.646. The van der Waals surface area contributed by atoms with Crippen molar-refractivity contribution in [2.45, 2.75) is 64.0 Å². The maximum atomic E-state index is 11.8. The molecule has 1 aliphatic heterocycles. The quantitative estimate of drug-likeness (QED) is 0.274. The van der Waals surface area contributed by atoms with Gasteiger partial charge in [-0.15, -0.1) is 0 Å². The van der Waals surface area contributed by atoms with Crippen LogP contribution in [0.25, 0.3) is 17.3 Å². The van der Waals surface area contributed by atoms with Crippen LogP contribution >= 0.6 is 0 Å². The predicted octanol–water partition coefficient (Wildman–Crippen LogP) is 2.90. The fourth-order valence-electron chi connectivity index (χ4n) is 4.03. The highest BCUT2D eigenvalue weighted by Crippen LogP contribution is 2.29. The first-order valence-electron chi connectivity index (χ1n) is 11.6. The first kappa shape index (κ1) is 22.8. The highest BCUT2D eigenvalue weighted by Gasteiger charge is 2.24. The smallest absolute Gasteiger partial charge is 0.254 e. The summed E-state index contributed by atoms with van der Waals surface area (Å²) in [6.07, 6.45) is 10.4. The number of anilines is 2. The number of aromatic nitrogens is 3. The Bertz CT molecular complexity index is 1030. The van der Waals surface area contributed by atoms with Gasteiger partial charge in [0.15, 0.2) is 0 Å². The Morgan fingerprint density at radius 2 is 1.97 bits per heavy atom. The Kier molecular flexibility index (Phi) is 7.29. The fraction of sp³-hybridized carbons (Fsp3) is 0.458. The maximum absolute atomic E-state index is 11.8. The standard InChI is InChI=1S/C24H30N6O3/c1-2-3-10-25-24-27-14-19(22(30-24)28-17-5-7-18(31)8-6-17)20-9-4-15(13-26-20)11-16-12-21(32)29-23(16)33/h4,9,11,13-14,17-18,31H,2-3,5-8,10,12H2,1H3,(H,29,32,33)(H2,25,27,28,30)/b16-11-. The monoisotopic (exact) mass is 450 g/mol. The van der Waals surface area contributed by atoms with Crippen molar-refractivity contribution in [2.24, 2.45) is 0 Å². The molecule has 174 valence electrons. The van der Waals surface area contributed by atoms with Crippen LogP contribution in [0.3, 0.4) is 0 Å². The van der Waals surface area contributed by atoms with Crippen LogP contribution in [0, 0.1) is 0 Å². The highest BCUT2D eigenvalue weighted by molar-refractivity contribution is 6.15. The highest BCUT2D eigenvalue weighted by atomic mass is 16.3. The number of aliphatic hydroxyl groups is 1. The average Bonchev–Trinajstić information content (AvgIpc) is 3.13. The topological polar surface area (TPSA) is 129 Å². The van der Waals surface area contributed by atoms with Crippen molar-refractivity contribution in [2.75, 3.05) is 17.2 Å². The van der Waals surface area contributed by atoms with Gasteiger partial charge in [-0.25, -0.2) is 4.98 Å². The van der Waals surface area contributed by atoms with E-state index in [1.54, 1.807) is 18.5 Å². The normalized spacial score (nSPS) is 21.8. The second-order valence-electron chi connectivity index (χ2n) is 8.59. The molecule has 2 amide bonds. The molecule has 0 aromatic carbocycles. The number of hydrogen-bond donors (Lipinski definition) is 4. The van der Waals surface area contributed by atoms with Gasteiger partial charge >= 0.3 is 0 Å². The molecular weight excluding hydrogens is 420 g/mol. The molecule has 1 saturated carbocycles. The van der Waals surface area contributed by atoms with E-state index in [1.807, 2.05) is 12.1 Å². The third-order valence-corrected chi connectivity index (χ3v) is 5.94. The Labute approximate surface area is 193 Å². The zero-order valence-corrected chi connectivity index (χ0v) is 18.8. The van der Waals surface area contributed by atoms with Crippen molar-refractivity contribution in [1.29, 1.82) is 0 Å². The molecule has 3 heterocycles. The first-order valence-corrected chi connectivity index (χ1v) is 11.6. The summed E-state index contributed by atoms with van der Waals surface area (Å²) in [6, 6.07) is 3.95. The zero-order valence-electron chi connectivity index (χ0n) is 18.8. The van der Waals surface area contributed by atoms with Crippen molar-refractivity contribution in [1.82, 2.24) is 20.3 Å². The maximum Gasteiger partial charge on any atom is 0.254 e. The van der Waals surface area contributed by atoms with Crippen LogP contribution in [-0.2, 0) is 9.59 Å². The summed E-state index contributed by atoms with van der Waals surface area (Å²) in [5, 5.41) is 18.9. The van der Waals surface area contributed by atoms with Gasteiger partial charge in [-0.05, 0) is 49.8 Å². The molecule has 1 saturated heterocycles. The molecule has 0 atom stereocenters. The van der Waals surface area contributed by atoms with E-state index in [9.17, 15) is 14.7 Å². The second kappa shape index (κ2) is 10.5. The van der Waals surface area contributed by atoms with Crippen molar-refractivity contribution >= 4 is 29.7 Å². The predicted molar refractivity (Wildman–Crippen MR) is 126 cm³/mol. The molecule has 4 rings (SSSR count). The van der Waals surface area contributed by atoms with Gasteiger partial charge in [-0.1, -0.05) is 19.4 Å². The van der Waals surface area contributed by atoms with Gasteiger partial charge in [0, 0.05) is 30.6 Å². The summed E-state index contributed by atoms with van der Waals surface area (Å²) < 4.78 is 0. The van der Waals surface area contributed by atoms with E-state index in [0.29, 0.717) is 23.0 Å². The van der Waals surface area contributed by atoms with Gasteiger partial charge in [-0.2, -0.15) is 4.98 Å². The summed E-state index contributed by atoms with van der Waals surface area (Å²) >= 11 is 0. The molecule has 2 aromatic rings. The van der Waals surface area contributed by atoms with E-state index in [0.717, 1.165) is 56.2 Å². The molecular formula is C24H30N6O3. The number of nitrogens with zero attached hydrogens (tertiary/aromatic N) is 3. The molecule has 0 spiro atoms. The largest absolute Gasteiger partial charge is 0.393 e. The SMILES string of the molecule is CCCCNc1ncc(-c2ccc(/C=C3/CC(=O)NC3=O)cn2)c(NC2CCC(O)CC2)n1. The minimum atomic E-state index is -0.354. The van der Waals surface area contributed by atoms with Crippen LogP contribution in [0.2, 0.25) is 0 Å². The molecule has 9 nitrogen and oxygen atoms in total. The first-order chi connectivity index (χ1) is 16.0. The zero-order chi connectivity index (χ0) is 23.2. The molecule has 1 aliphatic carbocycles. The number of carbonyl (C=O) groups is 2. The fourth-order valence-corrected chi connectivity index (χ4v) is 4.03. The molecule has 0 bridgehead atoms. The van der Waals surface area contributed by atoms with Crippen molar-refractivity contribution in [3.8, 4) is 11.3 Å². The van der Waals surface area contributed by atoms with Gasteiger partial charge in [0.1, 0.15) is 5.82 Å². The number of hydrogen-bond acceptors (Lipinski definition) is 8. The minimum Gasteiger partial charge on any atom is -0.393 e. The van der Waals surface area contributed by atoms with E-state index in [2.05, 4.69) is 32.8 Å². The lowest BCUT2D eigenvalue weighted by atomic mass is 9.93. The summed E-state index contributed by atoms with van der Waals surface area (Å²) in [7, 11) is 0. The molecule has 0 radical (unpaired) electrons.